The van der Waals surface area contributed by atoms with E-state index in [1.807, 2.05) is 37.3 Å². The van der Waals surface area contributed by atoms with Gasteiger partial charge in [-0.15, -0.1) is 12.4 Å². The van der Waals surface area contributed by atoms with Gasteiger partial charge in [0.15, 0.2) is 11.5 Å². The van der Waals surface area contributed by atoms with Gasteiger partial charge in [0.05, 0.1) is 6.61 Å². The van der Waals surface area contributed by atoms with Crippen molar-refractivity contribution in [1.82, 2.24) is 5.32 Å². The van der Waals surface area contributed by atoms with Crippen molar-refractivity contribution >= 4 is 24.0 Å². The molecule has 1 fully saturated rings. The zero-order valence-corrected chi connectivity index (χ0v) is 17.5. The Bertz CT molecular complexity index is 702. The second kappa shape index (κ2) is 11.4. The van der Waals surface area contributed by atoms with Crippen molar-refractivity contribution in [3.8, 4) is 11.5 Å². The third-order valence-corrected chi connectivity index (χ3v) is 5.22. The summed E-state index contributed by atoms with van der Waals surface area (Å²) in [5, 5.41) is 4.40. The minimum Gasteiger partial charge on any atom is -0.490 e. The van der Waals surface area contributed by atoms with Crippen LogP contribution in [0.3, 0.4) is 0 Å². The first-order valence-corrected chi connectivity index (χ1v) is 9.99. The minimum atomic E-state index is 0. The van der Waals surface area contributed by atoms with Gasteiger partial charge in [-0.1, -0.05) is 55.1 Å². The number of benzene rings is 2. The van der Waals surface area contributed by atoms with E-state index in [-0.39, 0.29) is 12.4 Å². The molecule has 148 valence electrons. The lowest BCUT2D eigenvalue weighted by atomic mass is 9.95. The molecule has 1 aliphatic carbocycles. The molecule has 0 amide bonds. The summed E-state index contributed by atoms with van der Waals surface area (Å²) in [6, 6.07) is 14.6. The summed E-state index contributed by atoms with van der Waals surface area (Å²) in [7, 11) is 0. The van der Waals surface area contributed by atoms with E-state index in [1.54, 1.807) is 0 Å². The van der Waals surface area contributed by atoms with Crippen LogP contribution < -0.4 is 14.8 Å². The summed E-state index contributed by atoms with van der Waals surface area (Å²) in [6.07, 6.45) is 6.65. The fraction of sp³-hybridized carbons (Fsp3) is 0.455. The molecule has 2 aromatic carbocycles. The van der Waals surface area contributed by atoms with Crippen molar-refractivity contribution in [1.29, 1.82) is 0 Å². The Morgan fingerprint density at radius 2 is 1.78 bits per heavy atom. The number of rotatable bonds is 8. The summed E-state index contributed by atoms with van der Waals surface area (Å²) in [4.78, 5) is 0. The summed E-state index contributed by atoms with van der Waals surface area (Å²) >= 11 is 6.21. The normalized spacial score (nSPS) is 14.4. The Balaban J connectivity index is 0.00000261. The van der Waals surface area contributed by atoms with Crippen LogP contribution in [0.15, 0.2) is 42.5 Å². The predicted molar refractivity (Wildman–Crippen MR) is 114 cm³/mol. The lowest BCUT2D eigenvalue weighted by molar-refractivity contribution is 0.269. The maximum Gasteiger partial charge on any atom is 0.161 e. The van der Waals surface area contributed by atoms with Crippen molar-refractivity contribution in [3.63, 3.8) is 0 Å². The molecule has 27 heavy (non-hydrogen) atoms. The van der Waals surface area contributed by atoms with Crippen molar-refractivity contribution in [2.75, 3.05) is 6.61 Å². The van der Waals surface area contributed by atoms with Gasteiger partial charge in [-0.2, -0.15) is 0 Å². The van der Waals surface area contributed by atoms with E-state index >= 15 is 0 Å². The van der Waals surface area contributed by atoms with Crippen molar-refractivity contribution < 1.29 is 9.47 Å². The first-order chi connectivity index (χ1) is 12.8. The molecule has 0 atom stereocenters. The minimum absolute atomic E-state index is 0. The third-order valence-electron chi connectivity index (χ3n) is 4.85. The van der Waals surface area contributed by atoms with Crippen LogP contribution in [0, 0.1) is 0 Å². The topological polar surface area (TPSA) is 30.5 Å². The summed E-state index contributed by atoms with van der Waals surface area (Å²) in [6.45, 7) is 3.90. The Labute approximate surface area is 173 Å². The van der Waals surface area contributed by atoms with Crippen LogP contribution in [0.5, 0.6) is 11.5 Å². The van der Waals surface area contributed by atoms with E-state index in [0.717, 1.165) is 28.6 Å². The first-order valence-electron chi connectivity index (χ1n) is 9.61. The number of ether oxygens (including phenoxy) is 2. The SMILES string of the molecule is CCOc1cc(CNC2CCCCC2)ccc1OCc1ccccc1Cl.Cl. The van der Waals surface area contributed by atoms with Gasteiger partial charge in [-0.05, 0) is 43.5 Å². The van der Waals surface area contributed by atoms with E-state index in [0.29, 0.717) is 19.3 Å². The number of halogens is 2. The molecule has 3 nitrogen and oxygen atoms in total. The van der Waals surface area contributed by atoms with Crippen LogP contribution in [-0.4, -0.2) is 12.6 Å². The molecule has 1 saturated carbocycles. The van der Waals surface area contributed by atoms with Crippen LogP contribution in [0.1, 0.15) is 50.2 Å². The van der Waals surface area contributed by atoms with Gasteiger partial charge in [0.2, 0.25) is 0 Å². The van der Waals surface area contributed by atoms with Gasteiger partial charge in [-0.25, -0.2) is 0 Å². The van der Waals surface area contributed by atoms with Gasteiger partial charge in [0.1, 0.15) is 6.61 Å². The third kappa shape index (κ3) is 6.60. The van der Waals surface area contributed by atoms with Gasteiger partial charge in [0.25, 0.3) is 0 Å². The largest absolute Gasteiger partial charge is 0.490 e. The van der Waals surface area contributed by atoms with Crippen molar-refractivity contribution in [2.45, 2.75) is 58.2 Å². The molecule has 0 saturated heterocycles. The average molecular weight is 410 g/mol. The summed E-state index contributed by atoms with van der Waals surface area (Å²) in [5.41, 5.74) is 2.20. The highest BCUT2D eigenvalue weighted by Gasteiger charge is 2.13. The maximum absolute atomic E-state index is 6.21. The molecule has 1 N–H and O–H groups in total. The van der Waals surface area contributed by atoms with Gasteiger partial charge >= 0.3 is 0 Å². The van der Waals surface area contributed by atoms with Crippen molar-refractivity contribution in [2.24, 2.45) is 0 Å². The molecule has 0 aliphatic heterocycles. The molecule has 0 unspecified atom stereocenters. The number of hydrogen-bond acceptors (Lipinski definition) is 3. The van der Waals surface area contributed by atoms with E-state index in [9.17, 15) is 0 Å². The molecule has 1 aliphatic rings. The van der Waals surface area contributed by atoms with Gasteiger partial charge in [0, 0.05) is 23.2 Å². The number of nitrogens with one attached hydrogen (secondary N) is 1. The predicted octanol–water partition coefficient (Wildman–Crippen LogP) is 6.16. The molecule has 2 aromatic rings. The first kappa shape index (κ1) is 21.9. The van der Waals surface area contributed by atoms with E-state index in [4.69, 9.17) is 21.1 Å². The Morgan fingerprint density at radius 3 is 2.52 bits per heavy atom. The molecule has 3 rings (SSSR count). The summed E-state index contributed by atoms with van der Waals surface area (Å²) in [5.74, 6) is 1.55. The van der Waals surface area contributed by atoms with Crippen LogP contribution >= 0.6 is 24.0 Å². The van der Waals surface area contributed by atoms with Gasteiger partial charge < -0.3 is 14.8 Å². The average Bonchev–Trinajstić information content (AvgIpc) is 2.68. The maximum atomic E-state index is 6.21. The fourth-order valence-electron chi connectivity index (χ4n) is 3.39. The molecule has 0 heterocycles. The fourth-order valence-corrected chi connectivity index (χ4v) is 3.58. The molecule has 0 bridgehead atoms. The second-order valence-electron chi connectivity index (χ2n) is 6.81. The standard InChI is InChI=1S/C22H28ClNO2.ClH/c1-2-25-22-14-17(15-24-19-9-4-3-5-10-19)12-13-21(22)26-16-18-8-6-7-11-20(18)23;/h6-8,11-14,19,24H,2-5,9-10,15-16H2,1H3;1H. The zero-order valence-electron chi connectivity index (χ0n) is 15.9. The van der Waals surface area contributed by atoms with Crippen LogP contribution in [-0.2, 0) is 13.2 Å². The monoisotopic (exact) mass is 409 g/mol. The van der Waals surface area contributed by atoms with E-state index in [1.165, 1.54) is 37.7 Å². The Hall–Kier alpha value is -1.42. The Kier molecular flexibility index (Phi) is 9.26. The second-order valence-corrected chi connectivity index (χ2v) is 7.22. The highest BCUT2D eigenvalue weighted by atomic mass is 35.5. The highest BCUT2D eigenvalue weighted by molar-refractivity contribution is 6.31. The number of hydrogen-bond donors (Lipinski definition) is 1. The Morgan fingerprint density at radius 1 is 1.00 bits per heavy atom. The van der Waals surface area contributed by atoms with Crippen LogP contribution in [0.2, 0.25) is 5.02 Å². The van der Waals surface area contributed by atoms with Gasteiger partial charge in [-0.3, -0.25) is 0 Å². The summed E-state index contributed by atoms with van der Waals surface area (Å²) < 4.78 is 11.8. The van der Waals surface area contributed by atoms with Crippen LogP contribution in [0.4, 0.5) is 0 Å². The highest BCUT2D eigenvalue weighted by Crippen LogP contribution is 2.30. The molecular weight excluding hydrogens is 381 g/mol. The molecule has 5 heteroatoms. The molecule has 0 spiro atoms. The lowest BCUT2D eigenvalue weighted by Crippen LogP contribution is -2.30. The zero-order chi connectivity index (χ0) is 18.2. The molecular formula is C22H29Cl2NO2. The molecule has 0 radical (unpaired) electrons. The van der Waals surface area contributed by atoms with Crippen molar-refractivity contribution in [3.05, 3.63) is 58.6 Å². The van der Waals surface area contributed by atoms with E-state index < -0.39 is 0 Å². The quantitative estimate of drug-likeness (QED) is 0.565. The lowest BCUT2D eigenvalue weighted by Gasteiger charge is -2.23. The van der Waals surface area contributed by atoms with Crippen LogP contribution in [0.25, 0.3) is 0 Å². The molecule has 0 aromatic heterocycles. The smallest absolute Gasteiger partial charge is 0.161 e. The van der Waals surface area contributed by atoms with E-state index in [2.05, 4.69) is 17.4 Å².